The Morgan fingerprint density at radius 1 is 1.31 bits per heavy atom. The maximum Gasteiger partial charge on any atom is 0.141 e. The van der Waals surface area contributed by atoms with Crippen LogP contribution in [0, 0.1) is 6.92 Å². The molecule has 0 radical (unpaired) electrons. The number of methoxy groups -OCH3 is 1. The highest BCUT2D eigenvalue weighted by atomic mass is 16.5. The minimum absolute atomic E-state index is 0.912. The highest BCUT2D eigenvalue weighted by Crippen LogP contribution is 2.24. The number of nitrogens with one attached hydrogen (secondary N) is 1. The molecule has 3 heteroatoms. The van der Waals surface area contributed by atoms with Crippen molar-refractivity contribution < 1.29 is 4.74 Å². The Morgan fingerprint density at radius 3 is 2.69 bits per heavy atom. The van der Waals surface area contributed by atoms with Crippen molar-refractivity contribution in [1.82, 2.24) is 4.90 Å². The zero-order valence-corrected chi connectivity index (χ0v) is 10.7. The Morgan fingerprint density at radius 2 is 2.06 bits per heavy atom. The largest absolute Gasteiger partial charge is 0.495 e. The second kappa shape index (κ2) is 6.38. The third kappa shape index (κ3) is 4.11. The normalized spacial score (nSPS) is 10.6. The lowest BCUT2D eigenvalue weighted by Crippen LogP contribution is -2.16. The van der Waals surface area contributed by atoms with E-state index in [1.54, 1.807) is 7.11 Å². The van der Waals surface area contributed by atoms with Gasteiger partial charge in [0.1, 0.15) is 5.75 Å². The molecular formula is C13H22N2O. The minimum Gasteiger partial charge on any atom is -0.495 e. The first-order valence-corrected chi connectivity index (χ1v) is 5.66. The van der Waals surface area contributed by atoms with Gasteiger partial charge in [-0.3, -0.25) is 0 Å². The predicted molar refractivity (Wildman–Crippen MR) is 69.4 cm³/mol. The second-order valence-electron chi connectivity index (χ2n) is 4.29. The van der Waals surface area contributed by atoms with Crippen molar-refractivity contribution in [2.24, 2.45) is 0 Å². The molecule has 1 aromatic carbocycles. The van der Waals surface area contributed by atoms with Crippen LogP contribution in [-0.2, 0) is 0 Å². The van der Waals surface area contributed by atoms with Gasteiger partial charge in [0, 0.05) is 6.54 Å². The van der Waals surface area contributed by atoms with E-state index in [1.165, 1.54) is 5.56 Å². The van der Waals surface area contributed by atoms with Gasteiger partial charge in [-0.25, -0.2) is 0 Å². The van der Waals surface area contributed by atoms with Gasteiger partial charge in [0.2, 0.25) is 0 Å². The monoisotopic (exact) mass is 222 g/mol. The van der Waals surface area contributed by atoms with Gasteiger partial charge in [-0.15, -0.1) is 0 Å². The summed E-state index contributed by atoms with van der Waals surface area (Å²) >= 11 is 0. The maximum atomic E-state index is 5.31. The van der Waals surface area contributed by atoms with Crippen LogP contribution >= 0.6 is 0 Å². The molecule has 0 bridgehead atoms. The third-order valence-electron chi connectivity index (χ3n) is 2.45. The number of benzene rings is 1. The summed E-state index contributed by atoms with van der Waals surface area (Å²) in [6.45, 7) is 4.16. The molecule has 0 atom stereocenters. The molecule has 0 aliphatic rings. The van der Waals surface area contributed by atoms with Crippen molar-refractivity contribution >= 4 is 5.69 Å². The summed E-state index contributed by atoms with van der Waals surface area (Å²) in [7, 11) is 5.89. The van der Waals surface area contributed by atoms with Gasteiger partial charge in [-0.05, 0) is 51.7 Å². The van der Waals surface area contributed by atoms with Gasteiger partial charge in [0.15, 0.2) is 0 Å². The van der Waals surface area contributed by atoms with Crippen LogP contribution in [0.3, 0.4) is 0 Å². The first-order valence-electron chi connectivity index (χ1n) is 5.66. The second-order valence-corrected chi connectivity index (χ2v) is 4.29. The lowest BCUT2D eigenvalue weighted by atomic mass is 10.2. The molecule has 0 aliphatic carbocycles. The number of hydrogen-bond acceptors (Lipinski definition) is 3. The molecule has 0 saturated heterocycles. The average molecular weight is 222 g/mol. The van der Waals surface area contributed by atoms with E-state index in [4.69, 9.17) is 4.74 Å². The van der Waals surface area contributed by atoms with Crippen LogP contribution in [-0.4, -0.2) is 39.2 Å². The zero-order valence-electron chi connectivity index (χ0n) is 10.7. The number of ether oxygens (including phenoxy) is 1. The van der Waals surface area contributed by atoms with Crippen LogP contribution in [0.2, 0.25) is 0 Å². The van der Waals surface area contributed by atoms with Crippen LogP contribution in [0.4, 0.5) is 5.69 Å². The SMILES string of the molecule is COc1ccc(C)cc1NCCCN(C)C. The Bertz CT molecular complexity index is 324. The molecule has 90 valence electrons. The van der Waals surface area contributed by atoms with Crippen molar-refractivity contribution in [2.45, 2.75) is 13.3 Å². The average Bonchev–Trinajstić information content (AvgIpc) is 2.24. The summed E-state index contributed by atoms with van der Waals surface area (Å²) in [4.78, 5) is 2.19. The first-order chi connectivity index (χ1) is 7.63. The Balaban J connectivity index is 2.48. The summed E-state index contributed by atoms with van der Waals surface area (Å²) in [5.74, 6) is 0.912. The van der Waals surface area contributed by atoms with E-state index in [0.717, 1.165) is 30.9 Å². The molecule has 0 amide bonds. The summed E-state index contributed by atoms with van der Waals surface area (Å²) in [6.07, 6.45) is 1.13. The summed E-state index contributed by atoms with van der Waals surface area (Å²) < 4.78 is 5.31. The molecule has 1 N–H and O–H groups in total. The van der Waals surface area contributed by atoms with Gasteiger partial charge < -0.3 is 15.0 Å². The molecule has 1 aromatic rings. The van der Waals surface area contributed by atoms with E-state index in [2.05, 4.69) is 43.4 Å². The van der Waals surface area contributed by atoms with Crippen LogP contribution in [0.15, 0.2) is 18.2 Å². The summed E-state index contributed by atoms with van der Waals surface area (Å²) in [5.41, 5.74) is 2.33. The first kappa shape index (κ1) is 12.8. The number of rotatable bonds is 6. The summed E-state index contributed by atoms with van der Waals surface area (Å²) in [6, 6.07) is 6.18. The molecule has 0 heterocycles. The number of hydrogen-bond donors (Lipinski definition) is 1. The van der Waals surface area contributed by atoms with Crippen molar-refractivity contribution in [2.75, 3.05) is 39.6 Å². The molecule has 3 nitrogen and oxygen atoms in total. The molecule has 0 aromatic heterocycles. The summed E-state index contributed by atoms with van der Waals surface area (Å²) in [5, 5.41) is 3.41. The Hall–Kier alpha value is -1.22. The van der Waals surface area contributed by atoms with E-state index < -0.39 is 0 Å². The van der Waals surface area contributed by atoms with E-state index >= 15 is 0 Å². The molecule has 1 rings (SSSR count). The van der Waals surface area contributed by atoms with Gasteiger partial charge >= 0.3 is 0 Å². The molecule has 0 unspecified atom stereocenters. The lowest BCUT2D eigenvalue weighted by molar-refractivity contribution is 0.404. The van der Waals surface area contributed by atoms with Crippen LogP contribution in [0.5, 0.6) is 5.75 Å². The standard InChI is InChI=1S/C13H22N2O/c1-11-6-7-13(16-4)12(10-11)14-8-5-9-15(2)3/h6-7,10,14H,5,8-9H2,1-4H3. The van der Waals surface area contributed by atoms with Crippen molar-refractivity contribution in [1.29, 1.82) is 0 Å². The molecule has 0 saturated carbocycles. The fraction of sp³-hybridized carbons (Fsp3) is 0.538. The van der Waals surface area contributed by atoms with Crippen LogP contribution in [0.1, 0.15) is 12.0 Å². The molecule has 0 fully saturated rings. The van der Waals surface area contributed by atoms with E-state index in [1.807, 2.05) is 6.07 Å². The number of aryl methyl sites for hydroxylation is 1. The highest BCUT2D eigenvalue weighted by molar-refractivity contribution is 5.57. The fourth-order valence-electron chi connectivity index (χ4n) is 1.58. The highest BCUT2D eigenvalue weighted by Gasteiger charge is 2.01. The van der Waals surface area contributed by atoms with Gasteiger partial charge in [0.05, 0.1) is 12.8 Å². The minimum atomic E-state index is 0.912. The lowest BCUT2D eigenvalue weighted by Gasteiger charge is -2.13. The number of anilines is 1. The van der Waals surface area contributed by atoms with Crippen molar-refractivity contribution in [3.8, 4) is 5.75 Å². The van der Waals surface area contributed by atoms with E-state index in [0.29, 0.717) is 0 Å². The maximum absolute atomic E-state index is 5.31. The van der Waals surface area contributed by atoms with Crippen molar-refractivity contribution in [3.63, 3.8) is 0 Å². The fourth-order valence-corrected chi connectivity index (χ4v) is 1.58. The third-order valence-corrected chi connectivity index (χ3v) is 2.45. The zero-order chi connectivity index (χ0) is 12.0. The van der Waals surface area contributed by atoms with Crippen LogP contribution < -0.4 is 10.1 Å². The molecule has 16 heavy (non-hydrogen) atoms. The van der Waals surface area contributed by atoms with Crippen LogP contribution in [0.25, 0.3) is 0 Å². The Labute approximate surface area is 98.4 Å². The molecule has 0 aliphatic heterocycles. The van der Waals surface area contributed by atoms with Gasteiger partial charge in [-0.1, -0.05) is 6.07 Å². The topological polar surface area (TPSA) is 24.5 Å². The molecule has 0 spiro atoms. The predicted octanol–water partition coefficient (Wildman–Crippen LogP) is 2.37. The quantitative estimate of drug-likeness (QED) is 0.748. The van der Waals surface area contributed by atoms with Crippen molar-refractivity contribution in [3.05, 3.63) is 23.8 Å². The smallest absolute Gasteiger partial charge is 0.141 e. The van der Waals surface area contributed by atoms with E-state index in [-0.39, 0.29) is 0 Å². The Kier molecular flexibility index (Phi) is 5.12. The van der Waals surface area contributed by atoms with Gasteiger partial charge in [-0.2, -0.15) is 0 Å². The van der Waals surface area contributed by atoms with Gasteiger partial charge in [0.25, 0.3) is 0 Å². The number of nitrogens with zero attached hydrogens (tertiary/aromatic N) is 1. The molecular weight excluding hydrogens is 200 g/mol. The van der Waals surface area contributed by atoms with E-state index in [9.17, 15) is 0 Å².